The largest absolute Gasteiger partial charge is 0.339 e. The van der Waals surface area contributed by atoms with Gasteiger partial charge >= 0.3 is 0 Å². The van der Waals surface area contributed by atoms with Gasteiger partial charge in [-0.3, -0.25) is 0 Å². The Balaban J connectivity index is 1.93. The molecule has 1 N–H and O–H groups in total. The average Bonchev–Trinajstić information content (AvgIpc) is 3.23. The van der Waals surface area contributed by atoms with Crippen molar-refractivity contribution in [3.05, 3.63) is 43.1 Å². The monoisotopic (exact) mass is 435 g/mol. The Morgan fingerprint density at radius 1 is 1.10 bits per heavy atom. The minimum atomic E-state index is 0.462. The van der Waals surface area contributed by atoms with Crippen LogP contribution >= 0.6 is 55.1 Å². The van der Waals surface area contributed by atoms with Gasteiger partial charge < -0.3 is 5.32 Å². The van der Waals surface area contributed by atoms with Crippen LogP contribution in [-0.2, 0) is 0 Å². The first-order chi connectivity index (χ1) is 9.54. The Hall–Kier alpha value is -0.360. The maximum atomic E-state index is 6.22. The van der Waals surface area contributed by atoms with Gasteiger partial charge in [0.25, 0.3) is 0 Å². The van der Waals surface area contributed by atoms with Crippen molar-refractivity contribution in [2.24, 2.45) is 0 Å². The zero-order valence-electron chi connectivity index (χ0n) is 10.1. The molecular weight excluding hydrogens is 429 g/mol. The number of benzene rings is 1. The van der Waals surface area contributed by atoms with Crippen LogP contribution in [0.15, 0.2) is 27.3 Å². The lowest BCUT2D eigenvalue weighted by Gasteiger charge is -2.11. The first-order valence-corrected chi connectivity index (χ1v) is 8.34. The zero-order chi connectivity index (χ0) is 14.3. The molecule has 1 aliphatic rings. The highest BCUT2D eigenvalue weighted by Gasteiger charge is 2.27. The molecule has 1 heterocycles. The van der Waals surface area contributed by atoms with Crippen molar-refractivity contribution in [1.29, 1.82) is 0 Å². The van der Waals surface area contributed by atoms with Crippen molar-refractivity contribution in [3.8, 4) is 0 Å². The second-order valence-electron chi connectivity index (χ2n) is 4.56. The smallest absolute Gasteiger partial charge is 0.135 e. The molecule has 7 heteroatoms. The van der Waals surface area contributed by atoms with Crippen molar-refractivity contribution < 1.29 is 0 Å². The molecule has 0 radical (unpaired) electrons. The van der Waals surface area contributed by atoms with E-state index in [9.17, 15) is 0 Å². The third-order valence-electron chi connectivity index (χ3n) is 2.95. The fourth-order valence-electron chi connectivity index (χ4n) is 1.78. The van der Waals surface area contributed by atoms with E-state index < -0.39 is 0 Å². The molecule has 1 aromatic carbocycles. The summed E-state index contributed by atoms with van der Waals surface area (Å²) in [4.78, 5) is 8.91. The highest BCUT2D eigenvalue weighted by atomic mass is 79.9. The van der Waals surface area contributed by atoms with Crippen molar-refractivity contribution in [2.75, 3.05) is 5.32 Å². The number of nitrogens with zero attached hydrogens (tertiary/aromatic N) is 2. The summed E-state index contributed by atoms with van der Waals surface area (Å²) in [5, 5.41) is 4.13. The van der Waals surface area contributed by atoms with Crippen LogP contribution in [-0.4, -0.2) is 9.97 Å². The van der Waals surface area contributed by atoms with Gasteiger partial charge in [0.15, 0.2) is 0 Å². The fourth-order valence-corrected chi connectivity index (χ4v) is 3.00. The topological polar surface area (TPSA) is 37.8 Å². The number of anilines is 2. The summed E-state index contributed by atoms with van der Waals surface area (Å²) >= 11 is 19.1. The van der Waals surface area contributed by atoms with E-state index in [1.165, 1.54) is 0 Å². The van der Waals surface area contributed by atoms with Crippen molar-refractivity contribution in [1.82, 2.24) is 9.97 Å². The molecule has 0 spiro atoms. The molecule has 0 aliphatic heterocycles. The highest BCUT2D eigenvalue weighted by molar-refractivity contribution is 9.10. The summed E-state index contributed by atoms with van der Waals surface area (Å²) in [5.74, 6) is 2.05. The maximum absolute atomic E-state index is 6.22. The van der Waals surface area contributed by atoms with E-state index in [0.717, 1.165) is 27.7 Å². The summed E-state index contributed by atoms with van der Waals surface area (Å²) in [6.07, 6.45) is 2.31. The van der Waals surface area contributed by atoms with E-state index in [2.05, 4.69) is 47.1 Å². The zero-order valence-corrected chi connectivity index (χ0v) is 14.8. The number of aromatic nitrogens is 2. The van der Waals surface area contributed by atoms with Crippen LogP contribution in [0.25, 0.3) is 0 Å². The molecule has 1 saturated carbocycles. The van der Waals surface area contributed by atoms with Crippen LogP contribution in [0, 0.1) is 0 Å². The van der Waals surface area contributed by atoms with Crippen molar-refractivity contribution in [2.45, 2.75) is 18.8 Å². The van der Waals surface area contributed by atoms with Crippen LogP contribution in [0.2, 0.25) is 10.0 Å². The fraction of sp³-hybridized carbons (Fsp3) is 0.231. The standard InChI is InChI=1S/C13H9Br2Cl2N3/c14-7-3-4-8(12(17)11(7)16)18-10-5-9(15)19-13(20-10)6-1-2-6/h3-6H,1-2H2,(H,18,19,20). The Morgan fingerprint density at radius 2 is 1.85 bits per heavy atom. The molecule has 1 aromatic heterocycles. The lowest BCUT2D eigenvalue weighted by Crippen LogP contribution is -2.00. The average molecular weight is 438 g/mol. The molecule has 0 unspecified atom stereocenters. The highest BCUT2D eigenvalue weighted by Crippen LogP contribution is 2.40. The van der Waals surface area contributed by atoms with Crippen LogP contribution in [0.4, 0.5) is 11.5 Å². The van der Waals surface area contributed by atoms with Gasteiger partial charge in [0, 0.05) is 16.5 Å². The van der Waals surface area contributed by atoms with E-state index in [0.29, 0.717) is 27.5 Å². The van der Waals surface area contributed by atoms with E-state index in [-0.39, 0.29) is 0 Å². The van der Waals surface area contributed by atoms with Crippen molar-refractivity contribution >= 4 is 66.6 Å². The SMILES string of the molecule is Clc1c(Br)ccc(Nc2cc(Br)nc(C3CC3)n2)c1Cl. The molecular formula is C13H9Br2Cl2N3. The number of halogens is 4. The van der Waals surface area contributed by atoms with E-state index >= 15 is 0 Å². The Labute approximate surface area is 143 Å². The van der Waals surface area contributed by atoms with Gasteiger partial charge in [-0.05, 0) is 56.8 Å². The second kappa shape index (κ2) is 5.79. The number of nitrogens with one attached hydrogen (secondary N) is 1. The number of rotatable bonds is 3. The first-order valence-electron chi connectivity index (χ1n) is 5.99. The molecule has 20 heavy (non-hydrogen) atoms. The van der Waals surface area contributed by atoms with Crippen LogP contribution in [0.5, 0.6) is 0 Å². The van der Waals surface area contributed by atoms with E-state index in [1.54, 1.807) is 0 Å². The van der Waals surface area contributed by atoms with E-state index in [1.807, 2.05) is 18.2 Å². The maximum Gasteiger partial charge on any atom is 0.135 e. The molecule has 0 atom stereocenters. The predicted octanol–water partition coefficient (Wildman–Crippen LogP) is 5.93. The Morgan fingerprint density at radius 3 is 2.55 bits per heavy atom. The summed E-state index contributed by atoms with van der Waals surface area (Å²) in [7, 11) is 0. The number of hydrogen-bond donors (Lipinski definition) is 1. The van der Waals surface area contributed by atoms with Gasteiger partial charge in [0.05, 0.1) is 15.7 Å². The molecule has 0 amide bonds. The molecule has 1 aliphatic carbocycles. The van der Waals surface area contributed by atoms with Gasteiger partial charge in [0.1, 0.15) is 16.2 Å². The molecule has 2 aromatic rings. The summed E-state index contributed by atoms with van der Waals surface area (Å²) < 4.78 is 1.52. The van der Waals surface area contributed by atoms with Gasteiger partial charge in [-0.25, -0.2) is 9.97 Å². The normalized spacial score (nSPS) is 14.4. The summed E-state index contributed by atoms with van der Waals surface area (Å²) in [6, 6.07) is 5.51. The molecule has 0 bridgehead atoms. The van der Waals surface area contributed by atoms with Gasteiger partial charge in [-0.2, -0.15) is 0 Å². The lowest BCUT2D eigenvalue weighted by molar-refractivity contribution is 0.919. The minimum Gasteiger partial charge on any atom is -0.339 e. The van der Waals surface area contributed by atoms with Gasteiger partial charge in [-0.15, -0.1) is 0 Å². The minimum absolute atomic E-state index is 0.462. The van der Waals surface area contributed by atoms with E-state index in [4.69, 9.17) is 23.2 Å². The molecule has 104 valence electrons. The summed E-state index contributed by atoms with van der Waals surface area (Å²) in [6.45, 7) is 0. The van der Waals surface area contributed by atoms with Crippen molar-refractivity contribution in [3.63, 3.8) is 0 Å². The van der Waals surface area contributed by atoms with Gasteiger partial charge in [-0.1, -0.05) is 23.2 Å². The molecule has 1 fully saturated rings. The Bertz CT molecular complexity index is 675. The first kappa shape index (κ1) is 14.6. The third kappa shape index (κ3) is 3.11. The van der Waals surface area contributed by atoms with Crippen LogP contribution in [0.3, 0.4) is 0 Å². The summed E-state index contributed by atoms with van der Waals surface area (Å²) in [5.41, 5.74) is 0.715. The predicted molar refractivity (Wildman–Crippen MR) is 89.2 cm³/mol. The van der Waals surface area contributed by atoms with Crippen LogP contribution < -0.4 is 5.32 Å². The second-order valence-corrected chi connectivity index (χ2v) is 6.98. The van der Waals surface area contributed by atoms with Gasteiger partial charge in [0.2, 0.25) is 0 Å². The quantitative estimate of drug-likeness (QED) is 0.477. The molecule has 0 saturated heterocycles. The molecule has 3 nitrogen and oxygen atoms in total. The number of hydrogen-bond acceptors (Lipinski definition) is 3. The Kier molecular flexibility index (Phi) is 4.22. The molecule has 3 rings (SSSR count). The van der Waals surface area contributed by atoms with Crippen LogP contribution in [0.1, 0.15) is 24.6 Å². The lowest BCUT2D eigenvalue weighted by atomic mass is 10.3. The third-order valence-corrected chi connectivity index (χ3v) is 5.13.